The highest BCUT2D eigenvalue weighted by Crippen LogP contribution is 2.12. The lowest BCUT2D eigenvalue weighted by Crippen LogP contribution is -2.03. The van der Waals surface area contributed by atoms with Crippen molar-refractivity contribution in [1.29, 1.82) is 0 Å². The van der Waals surface area contributed by atoms with Crippen LogP contribution in [0.15, 0.2) is 18.2 Å². The fraction of sp³-hybridized carbons (Fsp3) is 0.125. The molecular formula is C8H7ClFNO. The molecule has 0 unspecified atom stereocenters. The number of hydrogen-bond donors (Lipinski definition) is 1. The molecule has 2 N–H and O–H groups in total. The fourth-order valence-electron chi connectivity index (χ4n) is 0.829. The quantitative estimate of drug-likeness (QED) is 0.436. The SMILES string of the molecule is Nc1ccc(C(=O)CCl)c(F)c1. The smallest absolute Gasteiger partial charge is 0.180 e. The van der Waals surface area contributed by atoms with Crippen LogP contribution in [0, 0.1) is 5.82 Å². The van der Waals surface area contributed by atoms with Crippen molar-refractivity contribution in [3.05, 3.63) is 29.6 Å². The first-order valence-corrected chi connectivity index (χ1v) is 3.83. The van der Waals surface area contributed by atoms with Gasteiger partial charge in [-0.25, -0.2) is 4.39 Å². The third kappa shape index (κ3) is 1.74. The van der Waals surface area contributed by atoms with Gasteiger partial charge in [-0.3, -0.25) is 4.79 Å². The van der Waals surface area contributed by atoms with Crippen molar-refractivity contribution < 1.29 is 9.18 Å². The summed E-state index contributed by atoms with van der Waals surface area (Å²) < 4.78 is 12.9. The average molecular weight is 188 g/mol. The highest BCUT2D eigenvalue weighted by Gasteiger charge is 2.09. The number of carbonyl (C=O) groups excluding carboxylic acids is 1. The molecule has 0 aromatic heterocycles. The lowest BCUT2D eigenvalue weighted by atomic mass is 10.1. The van der Waals surface area contributed by atoms with E-state index in [9.17, 15) is 9.18 Å². The first-order chi connectivity index (χ1) is 5.65. The van der Waals surface area contributed by atoms with E-state index in [1.54, 1.807) is 0 Å². The lowest BCUT2D eigenvalue weighted by molar-refractivity contribution is 0.101. The average Bonchev–Trinajstić information content (AvgIpc) is 2.03. The van der Waals surface area contributed by atoms with Crippen molar-refractivity contribution in [1.82, 2.24) is 0 Å². The standard InChI is InChI=1S/C8H7ClFNO/c9-4-8(12)6-2-1-5(11)3-7(6)10/h1-3H,4,11H2. The van der Waals surface area contributed by atoms with Crippen LogP contribution in [0.1, 0.15) is 10.4 Å². The number of nitrogen functional groups attached to an aromatic ring is 1. The molecule has 1 aromatic rings. The second kappa shape index (κ2) is 3.54. The number of benzene rings is 1. The molecule has 1 rings (SSSR count). The van der Waals surface area contributed by atoms with Gasteiger partial charge in [-0.1, -0.05) is 0 Å². The van der Waals surface area contributed by atoms with Gasteiger partial charge >= 0.3 is 0 Å². The normalized spacial score (nSPS) is 9.83. The van der Waals surface area contributed by atoms with Gasteiger partial charge in [0, 0.05) is 5.69 Å². The molecular weight excluding hydrogens is 181 g/mol. The molecule has 0 spiro atoms. The Hall–Kier alpha value is -1.09. The summed E-state index contributed by atoms with van der Waals surface area (Å²) in [4.78, 5) is 10.9. The number of anilines is 1. The zero-order valence-electron chi connectivity index (χ0n) is 6.18. The van der Waals surface area contributed by atoms with E-state index in [2.05, 4.69) is 0 Å². The van der Waals surface area contributed by atoms with Gasteiger partial charge in [-0.15, -0.1) is 11.6 Å². The second-order valence-corrected chi connectivity index (χ2v) is 2.56. The molecule has 0 fully saturated rings. The summed E-state index contributed by atoms with van der Waals surface area (Å²) in [5.74, 6) is -1.28. The van der Waals surface area contributed by atoms with E-state index >= 15 is 0 Å². The fourth-order valence-corrected chi connectivity index (χ4v) is 0.973. The minimum absolute atomic E-state index is 0.0146. The highest BCUT2D eigenvalue weighted by atomic mass is 35.5. The van der Waals surface area contributed by atoms with E-state index in [0.29, 0.717) is 5.69 Å². The maximum Gasteiger partial charge on any atom is 0.180 e. The van der Waals surface area contributed by atoms with Crippen LogP contribution in [-0.2, 0) is 0 Å². The number of nitrogens with two attached hydrogens (primary N) is 1. The lowest BCUT2D eigenvalue weighted by Gasteiger charge is -1.99. The number of ketones is 1. The molecule has 0 radical (unpaired) electrons. The molecule has 0 atom stereocenters. The van der Waals surface area contributed by atoms with Crippen LogP contribution in [0.4, 0.5) is 10.1 Å². The Morgan fingerprint density at radius 1 is 1.58 bits per heavy atom. The molecule has 12 heavy (non-hydrogen) atoms. The largest absolute Gasteiger partial charge is 0.399 e. The third-order valence-electron chi connectivity index (χ3n) is 1.41. The minimum atomic E-state index is -0.624. The predicted molar refractivity (Wildman–Crippen MR) is 45.9 cm³/mol. The topological polar surface area (TPSA) is 43.1 Å². The molecule has 64 valence electrons. The van der Waals surface area contributed by atoms with Crippen molar-refractivity contribution in [2.75, 3.05) is 11.6 Å². The molecule has 0 heterocycles. The summed E-state index contributed by atoms with van der Waals surface area (Å²) >= 11 is 5.25. The van der Waals surface area contributed by atoms with Gasteiger partial charge in [0.1, 0.15) is 5.82 Å². The van der Waals surface area contributed by atoms with Crippen LogP contribution >= 0.6 is 11.6 Å². The monoisotopic (exact) mass is 187 g/mol. The Labute approximate surface area is 74.1 Å². The molecule has 0 aliphatic carbocycles. The highest BCUT2D eigenvalue weighted by molar-refractivity contribution is 6.30. The van der Waals surface area contributed by atoms with Crippen LogP contribution in [0.5, 0.6) is 0 Å². The zero-order valence-corrected chi connectivity index (χ0v) is 6.94. The van der Waals surface area contributed by atoms with Crippen molar-refractivity contribution in [3.8, 4) is 0 Å². The van der Waals surface area contributed by atoms with Crippen LogP contribution in [-0.4, -0.2) is 11.7 Å². The third-order valence-corrected chi connectivity index (χ3v) is 1.66. The molecule has 0 bridgehead atoms. The molecule has 0 aliphatic rings. The van der Waals surface area contributed by atoms with Crippen LogP contribution < -0.4 is 5.73 Å². The molecule has 0 aliphatic heterocycles. The predicted octanol–water partition coefficient (Wildman–Crippen LogP) is 1.83. The summed E-state index contributed by atoms with van der Waals surface area (Å²) in [6, 6.07) is 3.89. The molecule has 0 amide bonds. The molecule has 4 heteroatoms. The summed E-state index contributed by atoms with van der Waals surface area (Å²) in [5, 5.41) is 0. The van der Waals surface area contributed by atoms with Crippen LogP contribution in [0.25, 0.3) is 0 Å². The number of alkyl halides is 1. The van der Waals surface area contributed by atoms with Crippen molar-refractivity contribution in [2.45, 2.75) is 0 Å². The van der Waals surface area contributed by atoms with E-state index in [-0.39, 0.29) is 11.4 Å². The van der Waals surface area contributed by atoms with Gasteiger partial charge in [0.05, 0.1) is 11.4 Å². The van der Waals surface area contributed by atoms with Gasteiger partial charge in [-0.2, -0.15) is 0 Å². The molecule has 1 aromatic carbocycles. The van der Waals surface area contributed by atoms with Crippen LogP contribution in [0.3, 0.4) is 0 Å². The van der Waals surface area contributed by atoms with Crippen molar-refractivity contribution >= 4 is 23.1 Å². The number of hydrogen-bond acceptors (Lipinski definition) is 2. The van der Waals surface area contributed by atoms with Gasteiger partial charge in [0.2, 0.25) is 0 Å². The first-order valence-electron chi connectivity index (χ1n) is 3.29. The summed E-state index contributed by atoms with van der Waals surface area (Å²) in [7, 11) is 0. The summed E-state index contributed by atoms with van der Waals surface area (Å²) in [6.45, 7) is 0. The first kappa shape index (κ1) is 9.00. The summed E-state index contributed by atoms with van der Waals surface area (Å²) in [6.07, 6.45) is 0. The second-order valence-electron chi connectivity index (χ2n) is 2.30. The number of halogens is 2. The van der Waals surface area contributed by atoms with E-state index < -0.39 is 11.6 Å². The van der Waals surface area contributed by atoms with E-state index in [1.165, 1.54) is 12.1 Å². The van der Waals surface area contributed by atoms with E-state index in [4.69, 9.17) is 17.3 Å². The molecule has 0 saturated heterocycles. The Balaban J connectivity index is 3.09. The van der Waals surface area contributed by atoms with Crippen molar-refractivity contribution in [3.63, 3.8) is 0 Å². The van der Waals surface area contributed by atoms with Gasteiger partial charge < -0.3 is 5.73 Å². The van der Waals surface area contributed by atoms with E-state index in [0.717, 1.165) is 6.07 Å². The van der Waals surface area contributed by atoms with Gasteiger partial charge in [0.15, 0.2) is 5.78 Å². The Morgan fingerprint density at radius 3 is 2.75 bits per heavy atom. The number of rotatable bonds is 2. The van der Waals surface area contributed by atoms with Crippen LogP contribution in [0.2, 0.25) is 0 Å². The maximum absolute atomic E-state index is 12.9. The Morgan fingerprint density at radius 2 is 2.25 bits per heavy atom. The molecule has 2 nitrogen and oxygen atoms in total. The maximum atomic E-state index is 12.9. The van der Waals surface area contributed by atoms with Gasteiger partial charge in [-0.05, 0) is 18.2 Å². The Kier molecular flexibility index (Phi) is 2.65. The number of carbonyl (C=O) groups is 1. The van der Waals surface area contributed by atoms with E-state index in [1.807, 2.05) is 0 Å². The van der Waals surface area contributed by atoms with Gasteiger partial charge in [0.25, 0.3) is 0 Å². The van der Waals surface area contributed by atoms with Crippen molar-refractivity contribution in [2.24, 2.45) is 0 Å². The molecule has 0 saturated carbocycles. The summed E-state index contributed by atoms with van der Waals surface area (Å²) in [5.41, 5.74) is 5.56. The number of Topliss-reactive ketones (excluding diaryl/α,β-unsaturated/α-hetero) is 1. The minimum Gasteiger partial charge on any atom is -0.399 e. The zero-order chi connectivity index (χ0) is 9.14. The Bertz CT molecular complexity index is 314.